The highest BCUT2D eigenvalue weighted by molar-refractivity contribution is 6.31. The first-order chi connectivity index (χ1) is 12.5. The van der Waals surface area contributed by atoms with E-state index in [0.717, 1.165) is 0 Å². The number of halogens is 1. The van der Waals surface area contributed by atoms with Gasteiger partial charge >= 0.3 is 5.97 Å². The Balaban J connectivity index is 2.16. The van der Waals surface area contributed by atoms with Crippen molar-refractivity contribution in [2.24, 2.45) is 5.18 Å². The Morgan fingerprint density at radius 3 is 2.50 bits per heavy atom. The smallest absolute Gasteiger partial charge is 0.337 e. The minimum absolute atomic E-state index is 0.107. The summed E-state index contributed by atoms with van der Waals surface area (Å²) in [7, 11) is 0. The van der Waals surface area contributed by atoms with Crippen LogP contribution in [0.3, 0.4) is 0 Å². The number of hydrogen-bond acceptors (Lipinski definition) is 5. The van der Waals surface area contributed by atoms with E-state index in [2.05, 4.69) is 10.5 Å². The lowest BCUT2D eigenvalue weighted by molar-refractivity contribution is 0.0698. The topological polar surface area (TPSA) is 105 Å². The fourth-order valence-electron chi connectivity index (χ4n) is 2.27. The average Bonchev–Trinajstić information content (AvgIpc) is 2.64. The Labute approximate surface area is 154 Å². The highest BCUT2D eigenvalue weighted by Gasteiger charge is 2.16. The average molecular weight is 377 g/mol. The van der Waals surface area contributed by atoms with Gasteiger partial charge in [0.1, 0.15) is 6.04 Å². The minimum atomic E-state index is -1.20. The Morgan fingerprint density at radius 2 is 1.92 bits per heavy atom. The van der Waals surface area contributed by atoms with E-state index >= 15 is 0 Å². The third-order valence-electron chi connectivity index (χ3n) is 3.62. The zero-order valence-corrected chi connectivity index (χ0v) is 14.7. The molecule has 8 heteroatoms. The maximum atomic E-state index is 12.3. The van der Waals surface area contributed by atoms with Crippen molar-refractivity contribution >= 4 is 29.2 Å². The Kier molecular flexibility index (Phi) is 6.82. The van der Waals surface area contributed by atoms with Crippen LogP contribution in [0.15, 0.2) is 47.6 Å². The van der Waals surface area contributed by atoms with Gasteiger partial charge in [-0.3, -0.25) is 4.79 Å². The molecule has 2 aromatic rings. The predicted octanol–water partition coefficient (Wildman–Crippen LogP) is 4.13. The number of ether oxygens (including phenoxy) is 1. The van der Waals surface area contributed by atoms with Crippen molar-refractivity contribution in [3.8, 4) is 0 Å². The van der Waals surface area contributed by atoms with Crippen molar-refractivity contribution in [3.05, 3.63) is 69.1 Å². The number of hydrogen-bond donors (Lipinski definition) is 2. The first-order valence-electron chi connectivity index (χ1n) is 7.80. The van der Waals surface area contributed by atoms with Crippen molar-refractivity contribution in [2.45, 2.75) is 13.0 Å². The zero-order chi connectivity index (χ0) is 19.1. The summed E-state index contributed by atoms with van der Waals surface area (Å²) in [6.07, 6.45) is 0. The number of nitroso groups, excluding NO2 is 1. The Morgan fingerprint density at radius 1 is 1.23 bits per heavy atom. The van der Waals surface area contributed by atoms with Gasteiger partial charge in [-0.15, -0.1) is 0 Å². The van der Waals surface area contributed by atoms with Crippen LogP contribution >= 0.6 is 11.6 Å². The van der Waals surface area contributed by atoms with Gasteiger partial charge in [0.2, 0.25) is 0 Å². The fourth-order valence-corrected chi connectivity index (χ4v) is 2.44. The summed E-state index contributed by atoms with van der Waals surface area (Å²) in [4.78, 5) is 34.5. The molecule has 7 nitrogen and oxygen atoms in total. The number of nitrogens with zero attached hydrogens (tertiary/aromatic N) is 1. The van der Waals surface area contributed by atoms with E-state index in [0.29, 0.717) is 17.7 Å². The van der Waals surface area contributed by atoms with E-state index in [-0.39, 0.29) is 22.9 Å². The lowest BCUT2D eigenvalue weighted by atomic mass is 10.1. The normalized spacial score (nSPS) is 11.6. The SMILES string of the molecule is CCOCC(N=O)c1ccc(C(=O)Nc2ccc(Cl)cc2C(=O)O)cc1. The molecule has 0 aliphatic rings. The van der Waals surface area contributed by atoms with Crippen molar-refractivity contribution < 1.29 is 19.4 Å². The summed E-state index contributed by atoms with van der Waals surface area (Å²) in [6, 6.07) is 9.81. The van der Waals surface area contributed by atoms with Crippen LogP contribution in [0.1, 0.15) is 39.2 Å². The third kappa shape index (κ3) is 4.87. The highest BCUT2D eigenvalue weighted by atomic mass is 35.5. The van der Waals surface area contributed by atoms with E-state index in [4.69, 9.17) is 16.3 Å². The standard InChI is InChI=1S/C18H17ClN2O5/c1-2-26-10-16(21-25)11-3-5-12(6-4-11)17(22)20-15-8-7-13(19)9-14(15)18(23)24/h3-9,16H,2,10H2,1H3,(H,20,22)(H,23,24). The summed E-state index contributed by atoms with van der Waals surface area (Å²) >= 11 is 5.79. The summed E-state index contributed by atoms with van der Waals surface area (Å²) in [6.45, 7) is 2.45. The molecule has 1 atom stereocenters. The molecule has 0 bridgehead atoms. The van der Waals surface area contributed by atoms with Gasteiger partial charge in [-0.05, 0) is 42.8 Å². The molecule has 0 saturated carbocycles. The molecule has 2 aromatic carbocycles. The number of amides is 1. The van der Waals surface area contributed by atoms with Gasteiger partial charge in [-0.2, -0.15) is 4.91 Å². The van der Waals surface area contributed by atoms with E-state index in [1.54, 1.807) is 12.1 Å². The first kappa shape index (κ1) is 19.6. The maximum Gasteiger partial charge on any atom is 0.337 e. The monoisotopic (exact) mass is 376 g/mol. The molecule has 1 unspecified atom stereocenters. The second-order valence-electron chi connectivity index (χ2n) is 5.35. The van der Waals surface area contributed by atoms with E-state index in [1.807, 2.05) is 6.92 Å². The number of carbonyl (C=O) groups is 2. The van der Waals surface area contributed by atoms with Crippen molar-refractivity contribution in [2.75, 3.05) is 18.5 Å². The maximum absolute atomic E-state index is 12.3. The van der Waals surface area contributed by atoms with Crippen molar-refractivity contribution in [3.63, 3.8) is 0 Å². The molecule has 0 saturated heterocycles. The summed E-state index contributed by atoms with van der Waals surface area (Å²) < 4.78 is 5.20. The van der Waals surface area contributed by atoms with Crippen LogP contribution in [0.5, 0.6) is 0 Å². The quantitative estimate of drug-likeness (QED) is 0.674. The molecule has 0 aliphatic carbocycles. The van der Waals surface area contributed by atoms with E-state index in [9.17, 15) is 19.6 Å². The number of aromatic carboxylic acids is 1. The zero-order valence-electron chi connectivity index (χ0n) is 13.9. The summed E-state index contributed by atoms with van der Waals surface area (Å²) in [5.74, 6) is -1.68. The molecule has 0 fully saturated rings. The van der Waals surface area contributed by atoms with Crippen LogP contribution in [-0.4, -0.2) is 30.2 Å². The fraction of sp³-hybridized carbons (Fsp3) is 0.222. The van der Waals surface area contributed by atoms with Gasteiger partial charge in [-0.25, -0.2) is 4.79 Å². The number of carboxylic acid groups (broad SMARTS) is 1. The van der Waals surface area contributed by atoms with E-state index < -0.39 is 17.9 Å². The van der Waals surface area contributed by atoms with Gasteiger partial charge in [-0.1, -0.05) is 28.9 Å². The van der Waals surface area contributed by atoms with Crippen molar-refractivity contribution in [1.29, 1.82) is 0 Å². The Hall–Kier alpha value is -2.77. The number of rotatable bonds is 8. The molecule has 0 heterocycles. The number of benzene rings is 2. The molecule has 136 valence electrons. The van der Waals surface area contributed by atoms with Gasteiger partial charge < -0.3 is 15.2 Å². The summed E-state index contributed by atoms with van der Waals surface area (Å²) in [5, 5.41) is 15.0. The van der Waals surface area contributed by atoms with Crippen LogP contribution in [0, 0.1) is 4.91 Å². The van der Waals surface area contributed by atoms with Gasteiger partial charge in [0.05, 0.1) is 17.9 Å². The number of nitrogens with one attached hydrogen (secondary N) is 1. The molecule has 0 aromatic heterocycles. The molecule has 0 spiro atoms. The molecule has 26 heavy (non-hydrogen) atoms. The minimum Gasteiger partial charge on any atom is -0.478 e. The molecule has 1 amide bonds. The van der Waals surface area contributed by atoms with Gasteiger partial charge in [0, 0.05) is 17.2 Å². The number of anilines is 1. The van der Waals surface area contributed by atoms with Crippen LogP contribution in [0.2, 0.25) is 5.02 Å². The molecular formula is C18H17ClN2O5. The number of carboxylic acids is 1. The highest BCUT2D eigenvalue weighted by Crippen LogP contribution is 2.22. The molecular weight excluding hydrogens is 360 g/mol. The molecule has 0 aliphatic heterocycles. The first-order valence-corrected chi connectivity index (χ1v) is 8.18. The van der Waals surface area contributed by atoms with Crippen LogP contribution in [0.25, 0.3) is 0 Å². The van der Waals surface area contributed by atoms with E-state index in [1.165, 1.54) is 30.3 Å². The van der Waals surface area contributed by atoms with Crippen molar-refractivity contribution in [1.82, 2.24) is 0 Å². The Bertz CT molecular complexity index is 808. The van der Waals surface area contributed by atoms with Crippen LogP contribution in [-0.2, 0) is 4.74 Å². The molecule has 2 N–H and O–H groups in total. The second-order valence-corrected chi connectivity index (χ2v) is 5.79. The molecule has 2 rings (SSSR count). The second kappa shape index (κ2) is 9.07. The third-order valence-corrected chi connectivity index (χ3v) is 3.86. The lowest BCUT2D eigenvalue weighted by Gasteiger charge is -2.11. The summed E-state index contributed by atoms with van der Waals surface area (Å²) in [5.41, 5.74) is 0.966. The van der Waals surface area contributed by atoms with Gasteiger partial charge in [0.15, 0.2) is 0 Å². The number of carbonyl (C=O) groups excluding carboxylic acids is 1. The predicted molar refractivity (Wildman–Crippen MR) is 97.8 cm³/mol. The van der Waals surface area contributed by atoms with Crippen LogP contribution < -0.4 is 5.32 Å². The lowest BCUT2D eigenvalue weighted by Crippen LogP contribution is -2.15. The molecule has 0 radical (unpaired) electrons. The van der Waals surface area contributed by atoms with Gasteiger partial charge in [0.25, 0.3) is 5.91 Å². The largest absolute Gasteiger partial charge is 0.478 e. The van der Waals surface area contributed by atoms with Crippen LogP contribution in [0.4, 0.5) is 5.69 Å².